The van der Waals surface area contributed by atoms with Crippen molar-refractivity contribution in [2.24, 2.45) is 0 Å². The predicted molar refractivity (Wildman–Crippen MR) is 94.7 cm³/mol. The lowest BCUT2D eigenvalue weighted by atomic mass is 10.1. The molecule has 7 heteroatoms. The first kappa shape index (κ1) is 17.2. The molecule has 0 saturated heterocycles. The van der Waals surface area contributed by atoms with Crippen molar-refractivity contribution >= 4 is 17.5 Å². The molecule has 0 bridgehead atoms. The molecule has 1 aromatic heterocycles. The third kappa shape index (κ3) is 3.56. The van der Waals surface area contributed by atoms with Gasteiger partial charge in [0.05, 0.1) is 16.9 Å². The van der Waals surface area contributed by atoms with E-state index in [4.69, 9.17) is 0 Å². The fourth-order valence-electron chi connectivity index (χ4n) is 2.47. The minimum atomic E-state index is -0.528. The molecule has 3 aromatic rings. The van der Waals surface area contributed by atoms with Gasteiger partial charge in [-0.15, -0.1) is 0 Å². The van der Waals surface area contributed by atoms with E-state index in [0.29, 0.717) is 16.8 Å². The Labute approximate surface area is 148 Å². The van der Waals surface area contributed by atoms with Gasteiger partial charge < -0.3 is 4.57 Å². The van der Waals surface area contributed by atoms with Gasteiger partial charge in [0.25, 0.3) is 5.69 Å². The first-order chi connectivity index (χ1) is 12.5. The predicted octanol–water partition coefficient (Wildman–Crippen LogP) is 4.12. The van der Waals surface area contributed by atoms with Crippen LogP contribution in [0, 0.1) is 22.9 Å². The Hall–Kier alpha value is -3.61. The molecule has 1 heterocycles. The summed E-state index contributed by atoms with van der Waals surface area (Å²) >= 11 is 0. The molecular formula is C19H14FN3O3. The van der Waals surface area contributed by atoms with Gasteiger partial charge in [-0.25, -0.2) is 9.37 Å². The van der Waals surface area contributed by atoms with Crippen LogP contribution in [0.25, 0.3) is 11.8 Å². The normalized spacial score (nSPS) is 11.0. The highest BCUT2D eigenvalue weighted by Crippen LogP contribution is 2.20. The van der Waals surface area contributed by atoms with Crippen molar-refractivity contribution < 1.29 is 14.1 Å². The van der Waals surface area contributed by atoms with Crippen LogP contribution in [0.5, 0.6) is 0 Å². The van der Waals surface area contributed by atoms with Gasteiger partial charge in [0, 0.05) is 29.6 Å². The topological polar surface area (TPSA) is 78.0 Å². The first-order valence-electron chi connectivity index (χ1n) is 7.71. The standard InChI is InChI=1S/C19H14FN3O3/c1-13-2-5-15(11-18(13)23(25)26)19(24)7-4-14-3-6-17(16(20)10-14)22-9-8-21-12-22/h2-12H,1H3/b7-4+. The number of nitro groups is 1. The van der Waals surface area contributed by atoms with Crippen molar-refractivity contribution in [3.05, 3.63) is 93.8 Å². The van der Waals surface area contributed by atoms with E-state index in [-0.39, 0.29) is 11.3 Å². The van der Waals surface area contributed by atoms with E-state index in [1.807, 2.05) is 0 Å². The fraction of sp³-hybridized carbons (Fsp3) is 0.0526. The largest absolute Gasteiger partial charge is 0.303 e. The van der Waals surface area contributed by atoms with Crippen molar-refractivity contribution in [2.45, 2.75) is 6.92 Å². The zero-order chi connectivity index (χ0) is 18.7. The van der Waals surface area contributed by atoms with Crippen LogP contribution in [0.4, 0.5) is 10.1 Å². The first-order valence-corrected chi connectivity index (χ1v) is 7.71. The van der Waals surface area contributed by atoms with Crippen molar-refractivity contribution in [3.8, 4) is 5.69 Å². The van der Waals surface area contributed by atoms with Crippen molar-refractivity contribution in [1.29, 1.82) is 0 Å². The lowest BCUT2D eigenvalue weighted by Crippen LogP contribution is -1.98. The molecule has 0 amide bonds. The van der Waals surface area contributed by atoms with Gasteiger partial charge in [-0.3, -0.25) is 14.9 Å². The number of hydrogen-bond donors (Lipinski definition) is 0. The van der Waals surface area contributed by atoms with Crippen LogP contribution in [0.2, 0.25) is 0 Å². The number of carbonyl (C=O) groups excluding carboxylic acids is 1. The van der Waals surface area contributed by atoms with Gasteiger partial charge in [0.1, 0.15) is 5.82 Å². The molecule has 6 nitrogen and oxygen atoms in total. The Bertz CT molecular complexity index is 1010. The summed E-state index contributed by atoms with van der Waals surface area (Å²) < 4.78 is 15.7. The number of carbonyl (C=O) groups is 1. The molecule has 0 saturated carbocycles. The van der Waals surface area contributed by atoms with Crippen LogP contribution in [-0.2, 0) is 0 Å². The number of imidazole rings is 1. The van der Waals surface area contributed by atoms with Gasteiger partial charge in [-0.05, 0) is 30.7 Å². The van der Waals surface area contributed by atoms with E-state index in [1.165, 1.54) is 42.7 Å². The Morgan fingerprint density at radius 3 is 2.73 bits per heavy atom. The van der Waals surface area contributed by atoms with Crippen LogP contribution in [0.15, 0.2) is 61.2 Å². The van der Waals surface area contributed by atoms with E-state index in [9.17, 15) is 19.3 Å². The van der Waals surface area contributed by atoms with E-state index >= 15 is 0 Å². The molecule has 0 aliphatic carbocycles. The number of halogens is 1. The number of nitrogens with zero attached hydrogens (tertiary/aromatic N) is 3. The third-order valence-electron chi connectivity index (χ3n) is 3.87. The van der Waals surface area contributed by atoms with Crippen molar-refractivity contribution in [2.75, 3.05) is 0 Å². The second-order valence-corrected chi connectivity index (χ2v) is 5.64. The number of benzene rings is 2. The second-order valence-electron chi connectivity index (χ2n) is 5.64. The molecule has 0 atom stereocenters. The van der Waals surface area contributed by atoms with Crippen molar-refractivity contribution in [1.82, 2.24) is 9.55 Å². The Kier molecular flexibility index (Phi) is 4.70. The Balaban J connectivity index is 1.82. The zero-order valence-corrected chi connectivity index (χ0v) is 13.8. The maximum atomic E-state index is 14.2. The number of aromatic nitrogens is 2. The number of aryl methyl sites for hydroxylation is 1. The maximum absolute atomic E-state index is 14.2. The van der Waals surface area contributed by atoms with E-state index in [1.54, 1.807) is 36.0 Å². The molecule has 26 heavy (non-hydrogen) atoms. The van der Waals surface area contributed by atoms with E-state index in [0.717, 1.165) is 0 Å². The summed E-state index contributed by atoms with van der Waals surface area (Å²) in [6.07, 6.45) is 7.39. The number of allylic oxidation sites excluding steroid dienone is 1. The molecule has 130 valence electrons. The summed E-state index contributed by atoms with van der Waals surface area (Å²) in [7, 11) is 0. The summed E-state index contributed by atoms with van der Waals surface area (Å²) in [6, 6.07) is 8.84. The molecule has 0 spiro atoms. The summed E-state index contributed by atoms with van der Waals surface area (Å²) in [5.41, 5.74) is 1.42. The van der Waals surface area contributed by atoms with Gasteiger partial charge in [0.2, 0.25) is 0 Å². The molecule has 0 aliphatic heterocycles. The molecule has 0 radical (unpaired) electrons. The van der Waals surface area contributed by atoms with Gasteiger partial charge >= 0.3 is 0 Å². The number of nitro benzene ring substituents is 1. The van der Waals surface area contributed by atoms with Crippen LogP contribution in [0.1, 0.15) is 21.5 Å². The van der Waals surface area contributed by atoms with E-state index in [2.05, 4.69) is 4.98 Å². The summed E-state index contributed by atoms with van der Waals surface area (Å²) in [6.45, 7) is 1.60. The summed E-state index contributed by atoms with van der Waals surface area (Å²) in [4.78, 5) is 26.5. The minimum absolute atomic E-state index is 0.111. The van der Waals surface area contributed by atoms with Gasteiger partial charge in [-0.2, -0.15) is 0 Å². The second kappa shape index (κ2) is 7.10. The quantitative estimate of drug-likeness (QED) is 0.300. The SMILES string of the molecule is Cc1ccc(C(=O)/C=C/c2ccc(-n3ccnc3)c(F)c2)cc1[N+](=O)[O-]. The highest BCUT2D eigenvalue weighted by molar-refractivity contribution is 6.07. The Morgan fingerprint density at radius 2 is 2.08 bits per heavy atom. The molecule has 0 aliphatic rings. The lowest BCUT2D eigenvalue weighted by Gasteiger charge is -2.04. The smallest absolute Gasteiger partial charge is 0.273 e. The van der Waals surface area contributed by atoms with E-state index < -0.39 is 16.5 Å². The molecule has 0 fully saturated rings. The fourth-order valence-corrected chi connectivity index (χ4v) is 2.47. The number of ketones is 1. The van der Waals surface area contributed by atoms with Crippen LogP contribution >= 0.6 is 0 Å². The van der Waals surface area contributed by atoms with Crippen LogP contribution in [0.3, 0.4) is 0 Å². The highest BCUT2D eigenvalue weighted by atomic mass is 19.1. The molecule has 3 rings (SSSR count). The number of hydrogen-bond acceptors (Lipinski definition) is 4. The molecular weight excluding hydrogens is 337 g/mol. The summed E-state index contributed by atoms with van der Waals surface area (Å²) in [5.74, 6) is -0.851. The van der Waals surface area contributed by atoms with Crippen molar-refractivity contribution in [3.63, 3.8) is 0 Å². The lowest BCUT2D eigenvalue weighted by molar-refractivity contribution is -0.385. The van der Waals surface area contributed by atoms with Gasteiger partial charge in [-0.1, -0.05) is 24.3 Å². The molecule has 2 aromatic carbocycles. The number of rotatable bonds is 5. The summed E-state index contributed by atoms with van der Waals surface area (Å²) in [5, 5.41) is 11.0. The van der Waals surface area contributed by atoms with Crippen LogP contribution < -0.4 is 0 Å². The third-order valence-corrected chi connectivity index (χ3v) is 3.87. The average Bonchev–Trinajstić information content (AvgIpc) is 3.14. The molecule has 0 unspecified atom stereocenters. The molecule has 0 N–H and O–H groups in total. The maximum Gasteiger partial charge on any atom is 0.273 e. The van der Waals surface area contributed by atoms with Gasteiger partial charge in [0.15, 0.2) is 5.78 Å². The highest BCUT2D eigenvalue weighted by Gasteiger charge is 2.13. The zero-order valence-electron chi connectivity index (χ0n) is 13.8. The Morgan fingerprint density at radius 1 is 1.27 bits per heavy atom. The average molecular weight is 351 g/mol. The monoisotopic (exact) mass is 351 g/mol. The minimum Gasteiger partial charge on any atom is -0.303 e. The van der Waals surface area contributed by atoms with Crippen LogP contribution in [-0.4, -0.2) is 20.3 Å².